The van der Waals surface area contributed by atoms with Crippen molar-refractivity contribution in [2.24, 2.45) is 0 Å². The van der Waals surface area contributed by atoms with Crippen LogP contribution < -0.4 is 5.32 Å². The molecule has 1 unspecified atom stereocenters. The van der Waals surface area contributed by atoms with Gasteiger partial charge < -0.3 is 5.32 Å². The second-order valence-electron chi connectivity index (χ2n) is 5.40. The van der Waals surface area contributed by atoms with Gasteiger partial charge in [0.25, 0.3) is 0 Å². The Labute approximate surface area is 111 Å². The molecule has 0 aliphatic rings. The first-order chi connectivity index (χ1) is 8.01. The molecular weight excluding hydrogens is 226 g/mol. The molecule has 0 heterocycles. The first-order valence-electron chi connectivity index (χ1n) is 6.43. The summed E-state index contributed by atoms with van der Waals surface area (Å²) >= 11 is 4.19. The fraction of sp³-hybridized carbons (Fsp3) is 0.600. The molecule has 0 fully saturated rings. The van der Waals surface area contributed by atoms with E-state index in [0.717, 1.165) is 12.4 Å². The zero-order valence-electron chi connectivity index (χ0n) is 11.5. The average molecular weight is 251 g/mol. The van der Waals surface area contributed by atoms with E-state index < -0.39 is 0 Å². The second kappa shape index (κ2) is 6.46. The Morgan fingerprint density at radius 3 is 2.29 bits per heavy atom. The zero-order valence-corrected chi connectivity index (χ0v) is 12.3. The quantitative estimate of drug-likeness (QED) is 0.576. The first kappa shape index (κ1) is 14.6. The lowest BCUT2D eigenvalue weighted by molar-refractivity contribution is 0.490. The molecule has 0 aliphatic heterocycles. The molecule has 0 amide bonds. The zero-order chi connectivity index (χ0) is 12.9. The molecule has 1 rings (SSSR count). The standard InChI is InChI=1S/C15H25NS/c1-5-12(2)13-6-8-14(9-7-13)15(3,4)10-16-11-17/h6-9,12,16-17H,5,10-11H2,1-4H3. The van der Waals surface area contributed by atoms with Gasteiger partial charge >= 0.3 is 0 Å². The Kier molecular flexibility index (Phi) is 5.54. The van der Waals surface area contributed by atoms with E-state index in [1.54, 1.807) is 0 Å². The van der Waals surface area contributed by atoms with E-state index in [4.69, 9.17) is 0 Å². The van der Waals surface area contributed by atoms with Crippen molar-refractivity contribution in [1.82, 2.24) is 5.32 Å². The number of thiol groups is 1. The fourth-order valence-electron chi connectivity index (χ4n) is 1.97. The summed E-state index contributed by atoms with van der Waals surface area (Å²) in [5, 5.41) is 3.30. The molecule has 17 heavy (non-hydrogen) atoms. The maximum Gasteiger partial charge on any atom is 0.0387 e. The lowest BCUT2D eigenvalue weighted by Crippen LogP contribution is -2.32. The molecule has 0 bridgehead atoms. The van der Waals surface area contributed by atoms with Crippen molar-refractivity contribution in [3.63, 3.8) is 0 Å². The Hall–Kier alpha value is -0.470. The summed E-state index contributed by atoms with van der Waals surface area (Å²) in [6, 6.07) is 9.07. The van der Waals surface area contributed by atoms with E-state index in [9.17, 15) is 0 Å². The van der Waals surface area contributed by atoms with Crippen LogP contribution in [-0.2, 0) is 5.41 Å². The van der Waals surface area contributed by atoms with Gasteiger partial charge in [-0.15, -0.1) is 0 Å². The van der Waals surface area contributed by atoms with E-state index in [1.807, 2.05) is 0 Å². The summed E-state index contributed by atoms with van der Waals surface area (Å²) in [7, 11) is 0. The van der Waals surface area contributed by atoms with Crippen molar-refractivity contribution >= 4 is 12.6 Å². The highest BCUT2D eigenvalue weighted by Crippen LogP contribution is 2.25. The van der Waals surface area contributed by atoms with Gasteiger partial charge in [-0.25, -0.2) is 0 Å². The Bertz CT molecular complexity index is 329. The molecule has 1 nitrogen and oxygen atoms in total. The smallest absolute Gasteiger partial charge is 0.0387 e. The second-order valence-corrected chi connectivity index (χ2v) is 5.72. The van der Waals surface area contributed by atoms with Crippen LogP contribution in [-0.4, -0.2) is 12.4 Å². The van der Waals surface area contributed by atoms with Crippen LogP contribution in [0, 0.1) is 0 Å². The third-order valence-corrected chi connectivity index (χ3v) is 3.78. The van der Waals surface area contributed by atoms with Crippen molar-refractivity contribution in [3.8, 4) is 0 Å². The molecule has 2 heteroatoms. The fourth-order valence-corrected chi connectivity index (χ4v) is 2.08. The van der Waals surface area contributed by atoms with Crippen molar-refractivity contribution < 1.29 is 0 Å². The molecule has 0 spiro atoms. The maximum atomic E-state index is 4.19. The lowest BCUT2D eigenvalue weighted by Gasteiger charge is -2.26. The molecular formula is C15H25NS. The monoisotopic (exact) mass is 251 g/mol. The van der Waals surface area contributed by atoms with Gasteiger partial charge in [0.2, 0.25) is 0 Å². The SMILES string of the molecule is CCC(C)c1ccc(C(C)(C)CNCS)cc1. The normalized spacial score (nSPS) is 13.7. The van der Waals surface area contributed by atoms with E-state index in [2.05, 4.69) is 69.9 Å². The molecule has 1 atom stereocenters. The van der Waals surface area contributed by atoms with Crippen molar-refractivity contribution in [1.29, 1.82) is 0 Å². The van der Waals surface area contributed by atoms with E-state index >= 15 is 0 Å². The van der Waals surface area contributed by atoms with Crippen LogP contribution in [0.15, 0.2) is 24.3 Å². The number of hydrogen-bond acceptors (Lipinski definition) is 2. The van der Waals surface area contributed by atoms with Gasteiger partial charge in [0.1, 0.15) is 0 Å². The number of benzene rings is 1. The highest BCUT2D eigenvalue weighted by molar-refractivity contribution is 7.80. The number of nitrogens with one attached hydrogen (secondary N) is 1. The molecule has 0 radical (unpaired) electrons. The van der Waals surface area contributed by atoms with Gasteiger partial charge in [0.05, 0.1) is 0 Å². The summed E-state index contributed by atoms with van der Waals surface area (Å²) < 4.78 is 0. The number of rotatable bonds is 6. The molecule has 96 valence electrons. The Morgan fingerprint density at radius 2 is 1.82 bits per heavy atom. The number of hydrogen-bond donors (Lipinski definition) is 2. The third kappa shape index (κ3) is 4.04. The summed E-state index contributed by atoms with van der Waals surface area (Å²) in [5.41, 5.74) is 2.99. The van der Waals surface area contributed by atoms with E-state index in [0.29, 0.717) is 5.92 Å². The molecule has 0 aliphatic carbocycles. The third-order valence-electron chi connectivity index (χ3n) is 3.55. The predicted octanol–water partition coefficient (Wildman–Crippen LogP) is 3.95. The largest absolute Gasteiger partial charge is 0.307 e. The molecule has 1 aromatic carbocycles. The van der Waals surface area contributed by atoms with Crippen LogP contribution in [0.2, 0.25) is 0 Å². The predicted molar refractivity (Wildman–Crippen MR) is 80.0 cm³/mol. The minimum atomic E-state index is 0.163. The van der Waals surface area contributed by atoms with Gasteiger partial charge in [-0.3, -0.25) is 0 Å². The summed E-state index contributed by atoms with van der Waals surface area (Å²) in [6.45, 7) is 10.0. The van der Waals surface area contributed by atoms with Crippen LogP contribution in [0.4, 0.5) is 0 Å². The summed E-state index contributed by atoms with van der Waals surface area (Å²) in [5.74, 6) is 1.39. The van der Waals surface area contributed by atoms with Gasteiger partial charge in [0, 0.05) is 17.8 Å². The van der Waals surface area contributed by atoms with Crippen LogP contribution in [0.25, 0.3) is 0 Å². The summed E-state index contributed by atoms with van der Waals surface area (Å²) in [6.07, 6.45) is 1.20. The minimum Gasteiger partial charge on any atom is -0.307 e. The first-order valence-corrected chi connectivity index (χ1v) is 7.06. The van der Waals surface area contributed by atoms with Gasteiger partial charge in [-0.2, -0.15) is 12.6 Å². The maximum absolute atomic E-state index is 4.19. The van der Waals surface area contributed by atoms with E-state index in [1.165, 1.54) is 17.5 Å². The van der Waals surface area contributed by atoms with Crippen LogP contribution in [0.5, 0.6) is 0 Å². The van der Waals surface area contributed by atoms with E-state index in [-0.39, 0.29) is 5.41 Å². The Balaban J connectivity index is 2.79. The lowest BCUT2D eigenvalue weighted by atomic mass is 9.83. The molecule has 0 saturated heterocycles. The van der Waals surface area contributed by atoms with Crippen LogP contribution in [0.3, 0.4) is 0 Å². The molecule has 0 saturated carbocycles. The molecule has 0 aromatic heterocycles. The molecule has 1 N–H and O–H groups in total. The van der Waals surface area contributed by atoms with Crippen molar-refractivity contribution in [2.75, 3.05) is 12.4 Å². The van der Waals surface area contributed by atoms with Crippen LogP contribution in [0.1, 0.15) is 51.2 Å². The van der Waals surface area contributed by atoms with Gasteiger partial charge in [-0.1, -0.05) is 52.0 Å². The molecule has 1 aromatic rings. The minimum absolute atomic E-state index is 0.163. The van der Waals surface area contributed by atoms with Crippen molar-refractivity contribution in [2.45, 2.75) is 45.4 Å². The van der Waals surface area contributed by atoms with Crippen LogP contribution >= 0.6 is 12.6 Å². The summed E-state index contributed by atoms with van der Waals surface area (Å²) in [4.78, 5) is 0. The van der Waals surface area contributed by atoms with Gasteiger partial charge in [0.15, 0.2) is 0 Å². The highest BCUT2D eigenvalue weighted by atomic mass is 32.1. The average Bonchev–Trinajstić information content (AvgIpc) is 2.35. The Morgan fingerprint density at radius 1 is 1.24 bits per heavy atom. The van der Waals surface area contributed by atoms with Crippen molar-refractivity contribution in [3.05, 3.63) is 35.4 Å². The van der Waals surface area contributed by atoms with Gasteiger partial charge in [-0.05, 0) is 23.5 Å². The topological polar surface area (TPSA) is 12.0 Å². The highest BCUT2D eigenvalue weighted by Gasteiger charge is 2.19.